The number of carbonyl (C=O) groups is 1. The number of benzene rings is 1. The summed E-state index contributed by atoms with van der Waals surface area (Å²) in [5.41, 5.74) is 2.69. The van der Waals surface area contributed by atoms with Crippen molar-refractivity contribution in [1.29, 1.82) is 0 Å². The van der Waals surface area contributed by atoms with E-state index in [2.05, 4.69) is 20.5 Å². The molecule has 0 aliphatic rings. The van der Waals surface area contributed by atoms with Gasteiger partial charge in [-0.2, -0.15) is 0 Å². The van der Waals surface area contributed by atoms with Crippen LogP contribution in [0, 0.1) is 6.92 Å². The second-order valence-electron chi connectivity index (χ2n) is 6.07. The molecule has 1 aromatic carbocycles. The Balaban J connectivity index is 1.56. The number of aryl methyl sites for hydroxylation is 1. The number of carbonyl (C=O) groups excluding carboxylic acids is 1. The van der Waals surface area contributed by atoms with Gasteiger partial charge >= 0.3 is 0 Å². The molecule has 4 aromatic rings. The molecule has 140 valence electrons. The number of aromatic nitrogens is 5. The van der Waals surface area contributed by atoms with Gasteiger partial charge in [0.25, 0.3) is 0 Å². The number of thioether (sulfide) groups is 1. The predicted octanol–water partition coefficient (Wildman–Crippen LogP) is 3.49. The lowest BCUT2D eigenvalue weighted by Gasteiger charge is -2.11. The lowest BCUT2D eigenvalue weighted by atomic mass is 10.2. The van der Waals surface area contributed by atoms with Gasteiger partial charge in [0, 0.05) is 36.0 Å². The first-order valence-electron chi connectivity index (χ1n) is 8.70. The summed E-state index contributed by atoms with van der Waals surface area (Å²) in [5.74, 6) is 0.788. The summed E-state index contributed by atoms with van der Waals surface area (Å²) in [6.45, 7) is 1.96. The first-order valence-corrected chi connectivity index (χ1v) is 9.68. The van der Waals surface area contributed by atoms with Crippen molar-refractivity contribution in [2.75, 3.05) is 11.1 Å². The van der Waals surface area contributed by atoms with Gasteiger partial charge in [-0.05, 0) is 42.8 Å². The van der Waals surface area contributed by atoms with Crippen molar-refractivity contribution in [3.8, 4) is 11.4 Å². The van der Waals surface area contributed by atoms with E-state index in [1.165, 1.54) is 11.8 Å². The number of anilines is 1. The highest BCUT2D eigenvalue weighted by Crippen LogP contribution is 2.24. The zero-order chi connectivity index (χ0) is 19.3. The maximum absolute atomic E-state index is 12.4. The van der Waals surface area contributed by atoms with E-state index in [9.17, 15) is 4.79 Å². The number of para-hydroxylation sites is 1. The third kappa shape index (κ3) is 3.81. The highest BCUT2D eigenvalue weighted by Gasteiger charge is 2.17. The molecule has 1 amide bonds. The molecule has 0 spiro atoms. The first-order chi connectivity index (χ1) is 13.7. The van der Waals surface area contributed by atoms with Crippen LogP contribution in [0.5, 0.6) is 0 Å². The minimum absolute atomic E-state index is 0.0933. The van der Waals surface area contributed by atoms with Crippen molar-refractivity contribution < 1.29 is 4.79 Å². The molecular weight excluding hydrogens is 372 g/mol. The fraction of sp³-hybridized carbons (Fsp3) is 0.100. The van der Waals surface area contributed by atoms with Crippen LogP contribution in [0.15, 0.2) is 78.5 Å². The van der Waals surface area contributed by atoms with Crippen LogP contribution in [0.1, 0.15) is 5.56 Å². The average Bonchev–Trinajstić information content (AvgIpc) is 3.38. The minimum atomic E-state index is -0.0933. The van der Waals surface area contributed by atoms with Crippen molar-refractivity contribution in [3.05, 3.63) is 78.9 Å². The summed E-state index contributed by atoms with van der Waals surface area (Å²) >= 11 is 1.33. The fourth-order valence-corrected chi connectivity index (χ4v) is 3.46. The van der Waals surface area contributed by atoms with Gasteiger partial charge in [-0.25, -0.2) is 4.68 Å². The van der Waals surface area contributed by atoms with E-state index in [0.717, 1.165) is 16.8 Å². The highest BCUT2D eigenvalue weighted by molar-refractivity contribution is 7.99. The quantitative estimate of drug-likeness (QED) is 0.510. The standard InChI is InChI=1S/C20H18N6OS/c1-15-7-2-3-9-17(15)22-18(27)14-28-20-24-23-19(16-8-6-10-21-13-16)26(20)25-11-4-5-12-25/h2-13H,14H2,1H3,(H,22,27). The van der Waals surface area contributed by atoms with Gasteiger partial charge in [0.1, 0.15) is 0 Å². The van der Waals surface area contributed by atoms with E-state index in [-0.39, 0.29) is 11.7 Å². The van der Waals surface area contributed by atoms with Crippen LogP contribution in [0.25, 0.3) is 11.4 Å². The van der Waals surface area contributed by atoms with E-state index >= 15 is 0 Å². The SMILES string of the molecule is Cc1ccccc1NC(=O)CSc1nnc(-c2cccnc2)n1-n1cccc1. The molecule has 0 aliphatic heterocycles. The number of rotatable bonds is 6. The minimum Gasteiger partial charge on any atom is -0.325 e. The van der Waals surface area contributed by atoms with Crippen molar-refractivity contribution in [1.82, 2.24) is 24.5 Å². The Morgan fingerprint density at radius 3 is 2.64 bits per heavy atom. The normalized spacial score (nSPS) is 10.8. The van der Waals surface area contributed by atoms with E-state index in [0.29, 0.717) is 11.0 Å². The average molecular weight is 390 g/mol. The molecule has 0 radical (unpaired) electrons. The molecule has 7 nitrogen and oxygen atoms in total. The molecule has 28 heavy (non-hydrogen) atoms. The number of nitrogens with one attached hydrogen (secondary N) is 1. The van der Waals surface area contributed by atoms with E-state index < -0.39 is 0 Å². The van der Waals surface area contributed by atoms with Gasteiger partial charge in [-0.3, -0.25) is 14.5 Å². The lowest BCUT2D eigenvalue weighted by Crippen LogP contribution is -2.16. The summed E-state index contributed by atoms with van der Waals surface area (Å²) < 4.78 is 3.74. The molecule has 0 atom stereocenters. The zero-order valence-corrected chi connectivity index (χ0v) is 16.0. The maximum atomic E-state index is 12.4. The van der Waals surface area contributed by atoms with Gasteiger partial charge in [-0.15, -0.1) is 10.2 Å². The Bertz CT molecular complexity index is 1080. The third-order valence-electron chi connectivity index (χ3n) is 4.10. The Labute approximate surface area is 166 Å². The highest BCUT2D eigenvalue weighted by atomic mass is 32.2. The first kappa shape index (κ1) is 18.0. The van der Waals surface area contributed by atoms with Crippen LogP contribution in [0.3, 0.4) is 0 Å². The van der Waals surface area contributed by atoms with Crippen molar-refractivity contribution >= 4 is 23.4 Å². The molecule has 0 unspecified atom stereocenters. The monoisotopic (exact) mass is 390 g/mol. The van der Waals surface area contributed by atoms with Crippen LogP contribution >= 0.6 is 11.8 Å². The number of hydrogen-bond donors (Lipinski definition) is 1. The van der Waals surface area contributed by atoms with E-state index in [1.807, 2.05) is 77.2 Å². The van der Waals surface area contributed by atoms with Gasteiger partial charge in [0.15, 0.2) is 5.82 Å². The summed E-state index contributed by atoms with van der Waals surface area (Å²) in [6, 6.07) is 15.3. The lowest BCUT2D eigenvalue weighted by molar-refractivity contribution is -0.113. The van der Waals surface area contributed by atoms with Crippen LogP contribution in [-0.2, 0) is 4.79 Å². The molecule has 8 heteroatoms. The van der Waals surface area contributed by atoms with Crippen LogP contribution in [0.4, 0.5) is 5.69 Å². The third-order valence-corrected chi connectivity index (χ3v) is 5.02. The largest absolute Gasteiger partial charge is 0.325 e. The summed E-state index contributed by atoms with van der Waals surface area (Å²) in [5, 5.41) is 12.2. The van der Waals surface area contributed by atoms with E-state index in [4.69, 9.17) is 0 Å². The number of hydrogen-bond acceptors (Lipinski definition) is 5. The van der Waals surface area contributed by atoms with E-state index in [1.54, 1.807) is 12.4 Å². The summed E-state index contributed by atoms with van der Waals surface area (Å²) in [4.78, 5) is 16.6. The Morgan fingerprint density at radius 1 is 1.07 bits per heavy atom. The van der Waals surface area contributed by atoms with Crippen molar-refractivity contribution in [2.45, 2.75) is 12.1 Å². The molecular formula is C20H18N6OS. The summed E-state index contributed by atoms with van der Waals surface area (Å²) in [6.07, 6.45) is 7.26. The number of amides is 1. The van der Waals surface area contributed by atoms with Crippen LogP contribution < -0.4 is 5.32 Å². The number of pyridine rings is 1. The predicted molar refractivity (Wildman–Crippen MR) is 109 cm³/mol. The Morgan fingerprint density at radius 2 is 1.89 bits per heavy atom. The second-order valence-corrected chi connectivity index (χ2v) is 7.02. The smallest absolute Gasteiger partial charge is 0.234 e. The van der Waals surface area contributed by atoms with Crippen LogP contribution in [0.2, 0.25) is 0 Å². The molecule has 0 saturated carbocycles. The topological polar surface area (TPSA) is 77.6 Å². The Hall–Kier alpha value is -3.39. The fourth-order valence-electron chi connectivity index (χ4n) is 2.73. The van der Waals surface area contributed by atoms with Gasteiger partial charge in [0.05, 0.1) is 5.75 Å². The van der Waals surface area contributed by atoms with Gasteiger partial charge in [-0.1, -0.05) is 30.0 Å². The molecule has 1 N–H and O–H groups in total. The molecule has 4 rings (SSSR count). The molecule has 0 saturated heterocycles. The molecule has 0 aliphatic carbocycles. The van der Waals surface area contributed by atoms with Gasteiger partial charge in [0.2, 0.25) is 11.1 Å². The maximum Gasteiger partial charge on any atom is 0.234 e. The second kappa shape index (κ2) is 8.10. The van der Waals surface area contributed by atoms with Crippen LogP contribution in [-0.4, -0.2) is 36.2 Å². The molecule has 0 fully saturated rings. The molecule has 3 heterocycles. The van der Waals surface area contributed by atoms with Crippen molar-refractivity contribution in [3.63, 3.8) is 0 Å². The zero-order valence-electron chi connectivity index (χ0n) is 15.2. The Kier molecular flexibility index (Phi) is 5.20. The number of nitrogens with zero attached hydrogens (tertiary/aromatic N) is 5. The molecule has 0 bridgehead atoms. The summed E-state index contributed by atoms with van der Waals surface area (Å²) in [7, 11) is 0. The van der Waals surface area contributed by atoms with Gasteiger partial charge < -0.3 is 5.32 Å². The molecule has 3 aromatic heterocycles. The van der Waals surface area contributed by atoms with Crippen molar-refractivity contribution in [2.24, 2.45) is 0 Å².